The number of sulfone groups is 1. The van der Waals surface area contributed by atoms with Crippen LogP contribution < -0.4 is 9.47 Å². The average Bonchev–Trinajstić information content (AvgIpc) is 3.27. The molecule has 3 heterocycles. The number of halogens is 1. The van der Waals surface area contributed by atoms with Crippen LogP contribution in [0.15, 0.2) is 48.9 Å². The van der Waals surface area contributed by atoms with Gasteiger partial charge in [0.05, 0.1) is 31.9 Å². The Hall–Kier alpha value is -3.93. The maximum absolute atomic E-state index is 13.4. The van der Waals surface area contributed by atoms with Gasteiger partial charge < -0.3 is 9.47 Å². The molecule has 1 aromatic carbocycles. The molecule has 4 rings (SSSR count). The average molecular weight is 513 g/mol. The molecule has 0 N–H and O–H groups in total. The van der Waals surface area contributed by atoms with E-state index in [1.165, 1.54) is 14.2 Å². The number of nitrogens with zero attached hydrogens (tertiary/aromatic N) is 6. The second-order valence-corrected chi connectivity index (χ2v) is 10.6. The van der Waals surface area contributed by atoms with Gasteiger partial charge in [0.2, 0.25) is 0 Å². The molecular formula is C24H25FN6O4S. The number of hydrogen-bond acceptors (Lipinski definition) is 9. The van der Waals surface area contributed by atoms with E-state index in [1.807, 2.05) is 13.0 Å². The lowest BCUT2D eigenvalue weighted by Gasteiger charge is -2.18. The Morgan fingerprint density at radius 2 is 1.64 bits per heavy atom. The van der Waals surface area contributed by atoms with Crippen LogP contribution in [0.4, 0.5) is 4.39 Å². The van der Waals surface area contributed by atoms with Crippen molar-refractivity contribution in [2.45, 2.75) is 31.3 Å². The quantitative estimate of drug-likeness (QED) is 0.333. The molecule has 0 aliphatic heterocycles. The lowest BCUT2D eigenvalue weighted by Crippen LogP contribution is -2.24. The normalized spacial score (nSPS) is 12.4. The van der Waals surface area contributed by atoms with E-state index in [2.05, 4.69) is 25.1 Å². The van der Waals surface area contributed by atoms with Crippen LogP contribution in [-0.2, 0) is 22.0 Å². The molecule has 0 amide bonds. The van der Waals surface area contributed by atoms with Gasteiger partial charge in [-0.15, -0.1) is 10.2 Å². The highest BCUT2D eigenvalue weighted by Crippen LogP contribution is 2.36. The summed E-state index contributed by atoms with van der Waals surface area (Å²) in [6.07, 6.45) is 3.72. The minimum atomic E-state index is -3.77. The Labute approximate surface area is 208 Å². The van der Waals surface area contributed by atoms with Crippen molar-refractivity contribution in [2.75, 3.05) is 14.2 Å². The smallest absolute Gasteiger partial charge is 0.187 e. The van der Waals surface area contributed by atoms with Gasteiger partial charge in [-0.2, -0.15) is 0 Å². The highest BCUT2D eigenvalue weighted by atomic mass is 32.2. The molecule has 0 aliphatic rings. The number of hydrogen-bond donors (Lipinski definition) is 0. The number of aryl methyl sites for hydroxylation is 1. The lowest BCUT2D eigenvalue weighted by molar-refractivity contribution is 0.390. The first kappa shape index (κ1) is 25.2. The predicted octanol–water partition coefficient (Wildman–Crippen LogP) is 3.13. The van der Waals surface area contributed by atoms with Gasteiger partial charge in [-0.1, -0.05) is 12.1 Å². The summed E-state index contributed by atoms with van der Waals surface area (Å²) in [5.74, 6) is 0.563. The molecule has 0 fully saturated rings. The molecular weight excluding hydrogens is 487 g/mol. The third-order valence-corrected chi connectivity index (χ3v) is 7.64. The number of rotatable bonds is 9. The number of para-hydroxylation sites is 1. The Balaban J connectivity index is 1.80. The van der Waals surface area contributed by atoms with Gasteiger partial charge in [-0.05, 0) is 37.6 Å². The first-order chi connectivity index (χ1) is 17.2. The highest BCUT2D eigenvalue weighted by Gasteiger charge is 2.29. The first-order valence-electron chi connectivity index (χ1n) is 11.0. The standard InChI is InChI=1S/C24H25FN6O4S/c1-15-8-9-18(26-11-15)24-30-29-22(31(24)23-19(34-3)6-5-7-20(23)35-4)14-36(32,33)16(2)10-21-27-12-17(25)13-28-21/h5-9,11-13,16H,10,14H2,1-4H3/t16-/m1/s1. The van der Waals surface area contributed by atoms with Gasteiger partial charge in [0.25, 0.3) is 0 Å². The largest absolute Gasteiger partial charge is 0.494 e. The van der Waals surface area contributed by atoms with Crippen LogP contribution >= 0.6 is 0 Å². The number of methoxy groups -OCH3 is 2. The van der Waals surface area contributed by atoms with Crippen molar-refractivity contribution in [1.29, 1.82) is 0 Å². The third kappa shape index (κ3) is 5.18. The molecule has 0 bridgehead atoms. The fraction of sp³-hybridized carbons (Fsp3) is 0.292. The van der Waals surface area contributed by atoms with Crippen LogP contribution in [0.1, 0.15) is 24.1 Å². The minimum absolute atomic E-state index is 0.0150. The van der Waals surface area contributed by atoms with E-state index in [9.17, 15) is 12.8 Å². The van der Waals surface area contributed by atoms with E-state index in [0.717, 1.165) is 18.0 Å². The van der Waals surface area contributed by atoms with Gasteiger partial charge in [0.15, 0.2) is 27.3 Å². The number of benzene rings is 1. The number of pyridine rings is 1. The van der Waals surface area contributed by atoms with Crippen LogP contribution in [0.3, 0.4) is 0 Å². The Bertz CT molecular complexity index is 1430. The zero-order valence-electron chi connectivity index (χ0n) is 20.2. The monoisotopic (exact) mass is 512 g/mol. The van der Waals surface area contributed by atoms with Crippen molar-refractivity contribution < 1.29 is 22.3 Å². The van der Waals surface area contributed by atoms with Gasteiger partial charge in [-0.3, -0.25) is 9.55 Å². The van der Waals surface area contributed by atoms with Crippen molar-refractivity contribution in [3.05, 3.63) is 72.0 Å². The molecule has 4 aromatic rings. The topological polar surface area (TPSA) is 122 Å². The van der Waals surface area contributed by atoms with Crippen molar-refractivity contribution in [3.63, 3.8) is 0 Å². The fourth-order valence-corrected chi connectivity index (χ4v) is 4.85. The van der Waals surface area contributed by atoms with Crippen LogP contribution in [0.25, 0.3) is 17.2 Å². The fourth-order valence-electron chi connectivity index (χ4n) is 3.61. The van der Waals surface area contributed by atoms with Gasteiger partial charge >= 0.3 is 0 Å². The summed E-state index contributed by atoms with van der Waals surface area (Å²) < 4.78 is 52.6. The molecule has 0 saturated heterocycles. The maximum atomic E-state index is 13.4. The molecule has 12 heteroatoms. The molecule has 3 aromatic heterocycles. The zero-order valence-corrected chi connectivity index (χ0v) is 21.0. The SMILES string of the molecule is COc1cccc(OC)c1-n1c(CS(=O)(=O)[C@H](C)Cc2ncc(F)cn2)nnc1-c1ccc(C)cn1. The van der Waals surface area contributed by atoms with Gasteiger partial charge in [-0.25, -0.2) is 22.8 Å². The molecule has 0 spiro atoms. The van der Waals surface area contributed by atoms with Crippen molar-refractivity contribution in [3.8, 4) is 28.7 Å². The van der Waals surface area contributed by atoms with Crippen molar-refractivity contribution >= 4 is 9.84 Å². The van der Waals surface area contributed by atoms with E-state index in [-0.39, 0.29) is 18.1 Å². The van der Waals surface area contributed by atoms with E-state index in [4.69, 9.17) is 9.47 Å². The van der Waals surface area contributed by atoms with Crippen LogP contribution in [-0.4, -0.2) is 57.6 Å². The van der Waals surface area contributed by atoms with E-state index < -0.39 is 26.7 Å². The second kappa shape index (κ2) is 10.4. The third-order valence-electron chi connectivity index (χ3n) is 5.58. The Morgan fingerprint density at radius 3 is 2.22 bits per heavy atom. The number of ether oxygens (including phenoxy) is 2. The molecule has 0 unspecified atom stereocenters. The number of aromatic nitrogens is 6. The van der Waals surface area contributed by atoms with E-state index in [0.29, 0.717) is 28.7 Å². The summed E-state index contributed by atoms with van der Waals surface area (Å²) in [6, 6.07) is 8.89. The summed E-state index contributed by atoms with van der Waals surface area (Å²) in [6.45, 7) is 3.46. The summed E-state index contributed by atoms with van der Waals surface area (Å²) in [7, 11) is -0.751. The highest BCUT2D eigenvalue weighted by molar-refractivity contribution is 7.91. The molecule has 10 nitrogen and oxygen atoms in total. The lowest BCUT2D eigenvalue weighted by atomic mass is 10.2. The van der Waals surface area contributed by atoms with E-state index >= 15 is 0 Å². The van der Waals surface area contributed by atoms with Crippen LogP contribution in [0, 0.1) is 12.7 Å². The summed E-state index contributed by atoms with van der Waals surface area (Å²) in [5, 5.41) is 7.65. The summed E-state index contributed by atoms with van der Waals surface area (Å²) >= 11 is 0. The molecule has 188 valence electrons. The van der Waals surface area contributed by atoms with Gasteiger partial charge in [0, 0.05) is 12.6 Å². The maximum Gasteiger partial charge on any atom is 0.187 e. The van der Waals surface area contributed by atoms with Crippen molar-refractivity contribution in [2.24, 2.45) is 0 Å². The zero-order chi connectivity index (χ0) is 25.9. The second-order valence-electron chi connectivity index (χ2n) is 8.15. The Kier molecular flexibility index (Phi) is 7.25. The molecule has 0 aliphatic carbocycles. The summed E-state index contributed by atoms with van der Waals surface area (Å²) in [5.41, 5.74) is 1.90. The predicted molar refractivity (Wildman–Crippen MR) is 130 cm³/mol. The van der Waals surface area contributed by atoms with Crippen molar-refractivity contribution in [1.82, 2.24) is 29.7 Å². The minimum Gasteiger partial charge on any atom is -0.494 e. The van der Waals surface area contributed by atoms with E-state index in [1.54, 1.807) is 42.0 Å². The Morgan fingerprint density at radius 1 is 0.972 bits per heavy atom. The molecule has 0 radical (unpaired) electrons. The van der Waals surface area contributed by atoms with Gasteiger partial charge in [0.1, 0.15) is 34.5 Å². The first-order valence-corrected chi connectivity index (χ1v) is 12.7. The molecule has 0 saturated carbocycles. The van der Waals surface area contributed by atoms with Crippen LogP contribution in [0.2, 0.25) is 0 Å². The summed E-state index contributed by atoms with van der Waals surface area (Å²) in [4.78, 5) is 12.2. The molecule has 36 heavy (non-hydrogen) atoms. The van der Waals surface area contributed by atoms with Crippen LogP contribution in [0.5, 0.6) is 11.5 Å². The molecule has 1 atom stereocenters.